The smallest absolute Gasteiger partial charge is 0.303 e. The first-order valence-electron chi connectivity index (χ1n) is 39.3. The van der Waals surface area contributed by atoms with Crippen LogP contribution in [-0.4, -0.2) is 301 Å². The monoisotopic (exact) mass is 1760 g/mol. The molecule has 0 saturated carbocycles. The number of fused-ring (bicyclic) bond motifs is 10. The Kier molecular flexibility index (Phi) is 39.1. The summed E-state index contributed by atoms with van der Waals surface area (Å²) in [5.74, 6) is -20.9. The number of aliphatic carboxylic acids is 2. The number of nitrogens with one attached hydrogen (secondary N) is 16. The number of primary amides is 1. The molecule has 3 aromatic rings. The Morgan fingerprint density at radius 2 is 0.925 bits per heavy atom. The van der Waals surface area contributed by atoms with Crippen molar-refractivity contribution in [2.45, 2.75) is 227 Å². The number of hydrogen-bond donors (Lipinski definition) is 21. The summed E-state index contributed by atoms with van der Waals surface area (Å²) in [5, 5.41) is 63.9. The standard InChI is InChI=1S/C72H107N23O21S4/c1-5-7-12-41-60(104)83-42(13-8-9-16-55(98)99)61(105)87-45(22-39-26-76-34-79-39)71(115)95-20-11-15-53(95)69(113)85-43(17-18-56(100)101)62(106)93-57(36(3)6-2)70(114)90-48(58(74)102)29-117-119-32-51-67(111)89-47(28-96)64(108)88-46(23-40-27-77-35-80-40)72(116)94-19-10-14-52(94)68(112)81-37(4)59(103)91-50(31-120-118-30-49(65(109)92-51)82-54(97)24-73)66(110)86-44(63(107)84-41)21-38-25-75-33-78-38/h25-27,33-37,41-53,57,96H,5-24,28-32,73H2,1-4H3,(H2,74,102)(H,75,78)(H,76,79)(H,77,80)(H,81,112)(H,82,97)(H,83,104)(H,84,107)(H,85,113)(H,86,110)(H,87,105)(H,88,108)(H,89,111)(H,90,114)(H,91,103)(H,92,109)(H,93,106)(H,98,99)(H,100,101)/t36-,37-,41-,42-,43-,44-,45-,46-,47-,48-,49-,50-,51-,52-,53-,57-/m0/s1. The topological polar surface area (TPSA) is 669 Å². The van der Waals surface area contributed by atoms with E-state index in [0.717, 1.165) is 48.1 Å². The summed E-state index contributed by atoms with van der Waals surface area (Å²) in [6, 6.07) is -23.7. The lowest BCUT2D eigenvalue weighted by Crippen LogP contribution is -2.61. The summed E-state index contributed by atoms with van der Waals surface area (Å²) in [6.07, 6.45) is 6.37. The molecule has 48 heteroatoms. The normalized spacial score (nSPS) is 27.1. The van der Waals surface area contributed by atoms with Crippen LogP contribution < -0.4 is 80.6 Å². The molecule has 16 atom stereocenters. The van der Waals surface area contributed by atoms with Crippen molar-refractivity contribution < 1.29 is 102 Å². The van der Waals surface area contributed by atoms with E-state index in [-0.39, 0.29) is 109 Å². The van der Waals surface area contributed by atoms with Gasteiger partial charge in [-0.2, -0.15) is 0 Å². The third kappa shape index (κ3) is 29.7. The fraction of sp³-hybridized carbons (Fsp3) is 0.625. The van der Waals surface area contributed by atoms with E-state index in [0.29, 0.717) is 17.8 Å². The molecule has 7 rings (SSSR count). The highest BCUT2D eigenvalue weighted by Gasteiger charge is 2.44. The third-order valence-electron chi connectivity index (χ3n) is 20.2. The second kappa shape index (κ2) is 48.6. The van der Waals surface area contributed by atoms with Gasteiger partial charge in [0, 0.05) is 104 Å². The molecule has 3 aromatic heterocycles. The van der Waals surface area contributed by atoms with Crippen molar-refractivity contribution in [1.29, 1.82) is 0 Å². The predicted octanol–water partition coefficient (Wildman–Crippen LogP) is -5.84. The van der Waals surface area contributed by atoms with Gasteiger partial charge in [0.15, 0.2) is 0 Å². The van der Waals surface area contributed by atoms with Crippen molar-refractivity contribution in [3.8, 4) is 0 Å². The molecular weight excluding hydrogens is 1650 g/mol. The third-order valence-corrected chi connectivity index (χ3v) is 25.1. The fourth-order valence-corrected chi connectivity index (χ4v) is 18.0. The summed E-state index contributed by atoms with van der Waals surface area (Å²) >= 11 is 0. The SMILES string of the molecule is CCCC[C@@H]1NC(=O)[C@H](Cc2cnc[nH]2)NC(=O)[C@@H]2CSSC[C@H](NC(=O)CN)C(=O)N[C@@H](CSSC[C@@H](C(N)=O)NC(=O)[C@H]([C@@H](C)CC)NC(=O)[C@H](CCC(=O)O)NC(=O)[C@@H]3CCCN3C(=O)[C@H](Cc3cnc[nH]3)NC(=O)[C@H](CCCCC(=O)O)NC1=O)C(=O)N[C@@H](CO)C(=O)N[C@@H](Cc1cnc[nH]1)C(=O)N1CCC[C@H]1C(=O)N[C@@H](C)C(=O)N2. The molecule has 660 valence electrons. The maximum absolute atomic E-state index is 15.1. The minimum absolute atomic E-state index is 0.00154. The molecule has 7 heterocycles. The van der Waals surface area contributed by atoms with Gasteiger partial charge in [0.05, 0.1) is 32.1 Å². The molecule has 4 aliphatic rings. The number of hydrogen-bond acceptors (Lipinski definition) is 27. The van der Waals surface area contributed by atoms with Gasteiger partial charge in [-0.15, -0.1) is 0 Å². The number of H-pyrrole nitrogens is 3. The molecule has 0 radical (unpaired) electrons. The Morgan fingerprint density at radius 3 is 1.41 bits per heavy atom. The first-order valence-corrected chi connectivity index (χ1v) is 44.3. The average Bonchev–Trinajstić information content (AvgIpc) is 1.64. The van der Waals surface area contributed by atoms with Crippen LogP contribution in [0, 0.1) is 5.92 Å². The van der Waals surface area contributed by atoms with E-state index in [9.17, 15) is 82.4 Å². The van der Waals surface area contributed by atoms with Crippen molar-refractivity contribution in [3.63, 3.8) is 0 Å². The lowest BCUT2D eigenvalue weighted by Gasteiger charge is -2.31. The van der Waals surface area contributed by atoms with Crippen LogP contribution in [0.1, 0.15) is 135 Å². The number of amides is 16. The van der Waals surface area contributed by atoms with E-state index >= 15 is 19.2 Å². The number of rotatable bonds is 23. The zero-order valence-corrected chi connectivity index (χ0v) is 69.9. The van der Waals surface area contributed by atoms with E-state index in [4.69, 9.17) is 11.5 Å². The highest BCUT2D eigenvalue weighted by molar-refractivity contribution is 8.77. The Hall–Kier alpha value is -10.6. The molecule has 0 aliphatic carbocycles. The van der Waals surface area contributed by atoms with E-state index in [1.807, 2.05) is 0 Å². The Labute approximate surface area is 705 Å². The first-order chi connectivity index (χ1) is 57.3. The zero-order valence-electron chi connectivity index (χ0n) is 66.6. The lowest BCUT2D eigenvalue weighted by molar-refractivity contribution is -0.143. The van der Waals surface area contributed by atoms with Gasteiger partial charge in [0.1, 0.15) is 90.6 Å². The molecule has 0 aromatic carbocycles. The Bertz CT molecular complexity index is 4060. The first kappa shape index (κ1) is 96.5. The van der Waals surface area contributed by atoms with Crippen molar-refractivity contribution in [3.05, 3.63) is 54.7 Å². The van der Waals surface area contributed by atoms with Crippen LogP contribution in [0.4, 0.5) is 0 Å². The molecule has 0 unspecified atom stereocenters. The highest BCUT2D eigenvalue weighted by Crippen LogP contribution is 2.28. The highest BCUT2D eigenvalue weighted by atomic mass is 33.1. The summed E-state index contributed by atoms with van der Waals surface area (Å²) in [4.78, 5) is 280. The van der Waals surface area contributed by atoms with Crippen LogP contribution in [0.5, 0.6) is 0 Å². The van der Waals surface area contributed by atoms with Gasteiger partial charge < -0.3 is 121 Å². The number of aromatic nitrogens is 6. The number of aliphatic hydroxyl groups is 1. The molecule has 4 fully saturated rings. The van der Waals surface area contributed by atoms with Crippen LogP contribution in [0.3, 0.4) is 0 Å². The Balaban J connectivity index is 1.34. The lowest BCUT2D eigenvalue weighted by atomic mass is 9.97. The average molecular weight is 1760 g/mol. The number of aromatic amines is 3. The maximum atomic E-state index is 15.1. The number of carboxylic acids is 2. The van der Waals surface area contributed by atoms with E-state index in [1.54, 1.807) is 20.8 Å². The number of carbonyl (C=O) groups excluding carboxylic acids is 16. The predicted molar refractivity (Wildman–Crippen MR) is 434 cm³/mol. The van der Waals surface area contributed by atoms with Gasteiger partial charge in [-0.05, 0) is 64.2 Å². The van der Waals surface area contributed by atoms with Gasteiger partial charge in [-0.25, -0.2) is 15.0 Å². The summed E-state index contributed by atoms with van der Waals surface area (Å²) in [6.45, 7) is 4.37. The van der Waals surface area contributed by atoms with Crippen molar-refractivity contribution in [2.75, 3.05) is 49.3 Å². The minimum Gasteiger partial charge on any atom is -0.481 e. The molecular formula is C72H107N23O21S4. The number of imidazole rings is 3. The zero-order chi connectivity index (χ0) is 87.7. The molecule has 0 spiro atoms. The van der Waals surface area contributed by atoms with Crippen molar-refractivity contribution in [1.82, 2.24) is 109 Å². The van der Waals surface area contributed by atoms with Crippen LogP contribution in [0.25, 0.3) is 0 Å². The number of carbonyl (C=O) groups is 18. The molecule has 4 aliphatic heterocycles. The summed E-state index contributed by atoms with van der Waals surface area (Å²) < 4.78 is 0. The van der Waals surface area contributed by atoms with E-state index in [2.05, 4.69) is 99.0 Å². The number of nitrogens with zero attached hydrogens (tertiary/aromatic N) is 5. The quantitative estimate of drug-likeness (QED) is 0.0311. The van der Waals surface area contributed by atoms with Gasteiger partial charge in [0.25, 0.3) is 0 Å². The second-order valence-electron chi connectivity index (χ2n) is 29.2. The van der Waals surface area contributed by atoms with Gasteiger partial charge in [0.2, 0.25) is 94.5 Å². The van der Waals surface area contributed by atoms with Gasteiger partial charge in [-0.3, -0.25) is 86.3 Å². The molecule has 120 heavy (non-hydrogen) atoms. The number of carboxylic acid groups (broad SMARTS) is 2. The Morgan fingerprint density at radius 1 is 0.492 bits per heavy atom. The molecule has 23 N–H and O–H groups in total. The maximum Gasteiger partial charge on any atom is 0.303 e. The van der Waals surface area contributed by atoms with Crippen molar-refractivity contribution >= 4 is 150 Å². The van der Waals surface area contributed by atoms with Crippen LogP contribution >= 0.6 is 43.2 Å². The molecule has 2 bridgehead atoms. The van der Waals surface area contributed by atoms with Crippen molar-refractivity contribution in [2.24, 2.45) is 17.4 Å². The number of unbranched alkanes of at least 4 members (excludes halogenated alkanes) is 2. The largest absolute Gasteiger partial charge is 0.481 e. The number of nitrogens with two attached hydrogens (primary N) is 2. The molecule has 4 saturated heterocycles. The molecule has 44 nitrogen and oxygen atoms in total. The van der Waals surface area contributed by atoms with Gasteiger partial charge in [-0.1, -0.05) is 89.6 Å². The minimum atomic E-state index is -1.88. The second-order valence-corrected chi connectivity index (χ2v) is 34.3. The van der Waals surface area contributed by atoms with E-state index in [1.165, 1.54) is 49.4 Å². The van der Waals surface area contributed by atoms with E-state index < -0.39 is 252 Å². The summed E-state index contributed by atoms with van der Waals surface area (Å²) in [5.41, 5.74) is 12.5. The van der Waals surface area contributed by atoms with Crippen LogP contribution in [0.15, 0.2) is 37.6 Å². The summed E-state index contributed by atoms with van der Waals surface area (Å²) in [7, 11) is 3.31. The fourth-order valence-electron chi connectivity index (χ4n) is 13.3. The van der Waals surface area contributed by atoms with Crippen LogP contribution in [-0.2, 0) is 106 Å². The number of aliphatic hydroxyl groups excluding tert-OH is 1. The molecule has 16 amide bonds. The van der Waals surface area contributed by atoms with Gasteiger partial charge >= 0.3 is 11.9 Å². The van der Waals surface area contributed by atoms with Crippen LogP contribution in [0.2, 0.25) is 0 Å².